The van der Waals surface area contributed by atoms with E-state index in [-0.39, 0.29) is 17.5 Å². The third kappa shape index (κ3) is 4.43. The third-order valence-corrected chi connectivity index (χ3v) is 5.44. The highest BCUT2D eigenvalue weighted by Gasteiger charge is 2.22. The number of sulfonamides is 1. The van der Waals surface area contributed by atoms with Crippen molar-refractivity contribution in [3.63, 3.8) is 0 Å². The molecule has 6 heteroatoms. The van der Waals surface area contributed by atoms with Gasteiger partial charge in [0.2, 0.25) is 10.0 Å². The van der Waals surface area contributed by atoms with E-state index in [1.165, 1.54) is 7.11 Å². The lowest BCUT2D eigenvalue weighted by molar-refractivity contribution is 0.390. The van der Waals surface area contributed by atoms with Crippen LogP contribution in [0.3, 0.4) is 0 Å². The van der Waals surface area contributed by atoms with Gasteiger partial charge in [-0.25, -0.2) is 13.1 Å². The first-order chi connectivity index (χ1) is 9.89. The standard InChI is InChI=1S/C15H26N2O3S/c1-5-12(6-2)11(3)17-21(18,19)14-7-8-15(20-4)13(9-14)10-16/h7-9,11-12,17H,5-6,10,16H2,1-4H3. The summed E-state index contributed by atoms with van der Waals surface area (Å²) in [4.78, 5) is 0.224. The van der Waals surface area contributed by atoms with E-state index < -0.39 is 10.0 Å². The number of hydrogen-bond donors (Lipinski definition) is 2. The van der Waals surface area contributed by atoms with E-state index in [1.807, 2.05) is 6.92 Å². The molecule has 120 valence electrons. The molecule has 1 aromatic carbocycles. The minimum atomic E-state index is -3.54. The average Bonchev–Trinajstić information content (AvgIpc) is 2.47. The number of nitrogens with two attached hydrogens (primary N) is 1. The lowest BCUT2D eigenvalue weighted by Crippen LogP contribution is -2.37. The Balaban J connectivity index is 3.03. The Bertz CT molecular complexity index is 554. The number of ether oxygens (including phenoxy) is 1. The molecule has 1 rings (SSSR count). The molecule has 0 radical (unpaired) electrons. The Labute approximate surface area is 127 Å². The lowest BCUT2D eigenvalue weighted by atomic mass is 9.96. The monoisotopic (exact) mass is 314 g/mol. The van der Waals surface area contributed by atoms with Gasteiger partial charge in [-0.05, 0) is 31.0 Å². The van der Waals surface area contributed by atoms with Gasteiger partial charge in [0.25, 0.3) is 0 Å². The van der Waals surface area contributed by atoms with Crippen LogP contribution in [0.4, 0.5) is 0 Å². The summed E-state index contributed by atoms with van der Waals surface area (Å²) in [6.45, 7) is 6.27. The average molecular weight is 314 g/mol. The van der Waals surface area contributed by atoms with Crippen LogP contribution in [0.1, 0.15) is 39.2 Å². The van der Waals surface area contributed by atoms with Crippen LogP contribution in [-0.4, -0.2) is 21.6 Å². The molecule has 0 aliphatic rings. The fourth-order valence-electron chi connectivity index (χ4n) is 2.49. The van der Waals surface area contributed by atoms with Crippen LogP contribution >= 0.6 is 0 Å². The second-order valence-corrected chi connectivity index (χ2v) is 6.88. The fourth-order valence-corrected chi connectivity index (χ4v) is 3.85. The van der Waals surface area contributed by atoms with Gasteiger partial charge in [0.05, 0.1) is 12.0 Å². The second-order valence-electron chi connectivity index (χ2n) is 5.16. The zero-order valence-corrected chi connectivity index (χ0v) is 14.0. The van der Waals surface area contributed by atoms with Crippen LogP contribution in [0.25, 0.3) is 0 Å². The van der Waals surface area contributed by atoms with Crippen LogP contribution in [0, 0.1) is 5.92 Å². The molecule has 0 aliphatic heterocycles. The first kappa shape index (κ1) is 17.9. The summed E-state index contributed by atoms with van der Waals surface area (Å²) in [5, 5.41) is 0. The molecular formula is C15H26N2O3S. The first-order valence-corrected chi connectivity index (χ1v) is 8.77. The maximum Gasteiger partial charge on any atom is 0.240 e. The Hall–Kier alpha value is -1.11. The molecule has 5 nitrogen and oxygen atoms in total. The minimum absolute atomic E-state index is 0.103. The molecule has 0 aliphatic carbocycles. The van der Waals surface area contributed by atoms with Crippen molar-refractivity contribution in [1.29, 1.82) is 0 Å². The molecule has 0 spiro atoms. The number of benzene rings is 1. The summed E-state index contributed by atoms with van der Waals surface area (Å²) in [5.74, 6) is 0.927. The Morgan fingerprint density at radius 3 is 2.38 bits per heavy atom. The van der Waals surface area contributed by atoms with Gasteiger partial charge in [-0.3, -0.25) is 0 Å². The molecule has 1 aromatic rings. The van der Waals surface area contributed by atoms with Gasteiger partial charge in [0.15, 0.2) is 0 Å². The van der Waals surface area contributed by atoms with Gasteiger partial charge in [0.1, 0.15) is 5.75 Å². The summed E-state index contributed by atoms with van der Waals surface area (Å²) in [5.41, 5.74) is 6.31. The van der Waals surface area contributed by atoms with Gasteiger partial charge < -0.3 is 10.5 Å². The van der Waals surface area contributed by atoms with Crippen LogP contribution in [-0.2, 0) is 16.6 Å². The molecule has 21 heavy (non-hydrogen) atoms. The highest BCUT2D eigenvalue weighted by atomic mass is 32.2. The van der Waals surface area contributed by atoms with E-state index in [0.29, 0.717) is 17.2 Å². The first-order valence-electron chi connectivity index (χ1n) is 7.28. The van der Waals surface area contributed by atoms with Gasteiger partial charge in [-0.2, -0.15) is 0 Å². The van der Waals surface area contributed by atoms with Crippen molar-refractivity contribution in [2.45, 2.75) is 51.1 Å². The predicted octanol–water partition coefficient (Wildman–Crippen LogP) is 2.26. The van der Waals surface area contributed by atoms with Crippen molar-refractivity contribution in [3.05, 3.63) is 23.8 Å². The maximum absolute atomic E-state index is 12.5. The molecule has 0 fully saturated rings. The van der Waals surface area contributed by atoms with E-state index in [4.69, 9.17) is 10.5 Å². The van der Waals surface area contributed by atoms with Crippen LogP contribution < -0.4 is 15.2 Å². The van der Waals surface area contributed by atoms with Crippen LogP contribution in [0.2, 0.25) is 0 Å². The summed E-state index contributed by atoms with van der Waals surface area (Å²) >= 11 is 0. The van der Waals surface area contributed by atoms with E-state index in [9.17, 15) is 8.42 Å². The summed E-state index contributed by atoms with van der Waals surface area (Å²) in [7, 11) is -2.01. The highest BCUT2D eigenvalue weighted by Crippen LogP contribution is 2.23. The van der Waals surface area contributed by atoms with Gasteiger partial charge in [0, 0.05) is 18.2 Å². The summed E-state index contributed by atoms with van der Waals surface area (Å²) in [6, 6.07) is 4.65. The number of hydrogen-bond acceptors (Lipinski definition) is 4. The molecular weight excluding hydrogens is 288 g/mol. The highest BCUT2D eigenvalue weighted by molar-refractivity contribution is 7.89. The SMILES string of the molecule is CCC(CC)C(C)NS(=O)(=O)c1ccc(OC)c(CN)c1. The van der Waals surface area contributed by atoms with Crippen molar-refractivity contribution < 1.29 is 13.2 Å². The smallest absolute Gasteiger partial charge is 0.240 e. The van der Waals surface area contributed by atoms with E-state index >= 15 is 0 Å². The molecule has 0 saturated carbocycles. The molecule has 1 unspecified atom stereocenters. The molecule has 0 bridgehead atoms. The quantitative estimate of drug-likeness (QED) is 0.771. The number of nitrogens with one attached hydrogen (secondary N) is 1. The number of methoxy groups -OCH3 is 1. The van der Waals surface area contributed by atoms with E-state index in [1.54, 1.807) is 18.2 Å². The molecule has 0 saturated heterocycles. The van der Waals surface area contributed by atoms with E-state index in [0.717, 1.165) is 12.8 Å². The topological polar surface area (TPSA) is 81.4 Å². The molecule has 1 atom stereocenters. The minimum Gasteiger partial charge on any atom is -0.496 e. The Morgan fingerprint density at radius 2 is 1.90 bits per heavy atom. The van der Waals surface area contributed by atoms with Crippen molar-refractivity contribution >= 4 is 10.0 Å². The van der Waals surface area contributed by atoms with Gasteiger partial charge in [-0.15, -0.1) is 0 Å². The van der Waals surface area contributed by atoms with Crippen LogP contribution in [0.5, 0.6) is 5.75 Å². The normalized spacial score (nSPS) is 13.4. The van der Waals surface area contributed by atoms with Crippen molar-refractivity contribution in [2.24, 2.45) is 11.7 Å². The zero-order chi connectivity index (χ0) is 16.0. The van der Waals surface area contributed by atoms with Crippen molar-refractivity contribution in [1.82, 2.24) is 4.72 Å². The molecule has 0 amide bonds. The third-order valence-electron chi connectivity index (χ3n) is 3.88. The largest absolute Gasteiger partial charge is 0.496 e. The number of rotatable bonds is 8. The fraction of sp³-hybridized carbons (Fsp3) is 0.600. The molecule has 0 heterocycles. The van der Waals surface area contributed by atoms with E-state index in [2.05, 4.69) is 18.6 Å². The van der Waals surface area contributed by atoms with Gasteiger partial charge in [-0.1, -0.05) is 26.7 Å². The lowest BCUT2D eigenvalue weighted by Gasteiger charge is -2.22. The van der Waals surface area contributed by atoms with Crippen LogP contribution in [0.15, 0.2) is 23.1 Å². The van der Waals surface area contributed by atoms with Crippen molar-refractivity contribution in [3.8, 4) is 5.75 Å². The molecule has 3 N–H and O–H groups in total. The second kappa shape index (κ2) is 7.77. The summed E-state index contributed by atoms with van der Waals surface area (Å²) < 4.78 is 32.8. The molecule has 0 aromatic heterocycles. The predicted molar refractivity (Wildman–Crippen MR) is 84.7 cm³/mol. The maximum atomic E-state index is 12.5. The Morgan fingerprint density at radius 1 is 1.29 bits per heavy atom. The van der Waals surface area contributed by atoms with Crippen molar-refractivity contribution in [2.75, 3.05) is 7.11 Å². The summed E-state index contributed by atoms with van der Waals surface area (Å²) in [6.07, 6.45) is 1.88. The van der Waals surface area contributed by atoms with Gasteiger partial charge >= 0.3 is 0 Å². The zero-order valence-electron chi connectivity index (χ0n) is 13.2. The Kier molecular flexibility index (Phi) is 6.64.